The highest BCUT2D eigenvalue weighted by atomic mass is 16.4. The van der Waals surface area contributed by atoms with E-state index in [2.05, 4.69) is 0 Å². The molecular formula is C8H17NO3. The van der Waals surface area contributed by atoms with Crippen LogP contribution in [0.3, 0.4) is 0 Å². The van der Waals surface area contributed by atoms with Gasteiger partial charge in [0.15, 0.2) is 0 Å². The van der Waals surface area contributed by atoms with Gasteiger partial charge in [-0.1, -0.05) is 6.92 Å². The van der Waals surface area contributed by atoms with Crippen molar-refractivity contribution >= 4 is 5.97 Å². The van der Waals surface area contributed by atoms with Crippen molar-refractivity contribution in [1.82, 2.24) is 4.90 Å². The first-order valence-corrected chi connectivity index (χ1v) is 4.14. The van der Waals surface area contributed by atoms with Crippen LogP contribution in [0.25, 0.3) is 0 Å². The molecule has 0 saturated carbocycles. The van der Waals surface area contributed by atoms with Gasteiger partial charge in [0.1, 0.15) is 0 Å². The van der Waals surface area contributed by atoms with Crippen LogP contribution in [0.5, 0.6) is 0 Å². The van der Waals surface area contributed by atoms with Crippen molar-refractivity contribution in [2.45, 2.75) is 25.8 Å². The number of rotatable bonds is 6. The van der Waals surface area contributed by atoms with Crippen LogP contribution in [0.4, 0.5) is 0 Å². The average molecular weight is 175 g/mol. The fourth-order valence-electron chi connectivity index (χ4n) is 1.15. The monoisotopic (exact) mass is 175 g/mol. The topological polar surface area (TPSA) is 60.8 Å². The van der Waals surface area contributed by atoms with E-state index >= 15 is 0 Å². The van der Waals surface area contributed by atoms with Crippen molar-refractivity contribution in [3.63, 3.8) is 0 Å². The minimum atomic E-state index is -0.786. The lowest BCUT2D eigenvalue weighted by atomic mass is 10.1. The zero-order valence-corrected chi connectivity index (χ0v) is 7.66. The van der Waals surface area contributed by atoms with Crippen LogP contribution in [-0.2, 0) is 4.79 Å². The molecule has 0 aromatic carbocycles. The maximum atomic E-state index is 10.4. The van der Waals surface area contributed by atoms with E-state index in [4.69, 9.17) is 10.2 Å². The number of carbonyl (C=O) groups is 1. The van der Waals surface area contributed by atoms with Crippen LogP contribution in [0, 0.1) is 0 Å². The summed E-state index contributed by atoms with van der Waals surface area (Å²) in [6, 6.07) is 0.0367. The van der Waals surface area contributed by atoms with Crippen LogP contribution in [0.2, 0.25) is 0 Å². The van der Waals surface area contributed by atoms with E-state index in [1.165, 1.54) is 0 Å². The summed E-state index contributed by atoms with van der Waals surface area (Å²) in [5.74, 6) is -0.786. The summed E-state index contributed by atoms with van der Waals surface area (Å²) in [7, 11) is 1.83. The van der Waals surface area contributed by atoms with Crippen molar-refractivity contribution in [1.29, 1.82) is 0 Å². The molecular weight excluding hydrogens is 158 g/mol. The van der Waals surface area contributed by atoms with Crippen LogP contribution < -0.4 is 0 Å². The predicted molar refractivity (Wildman–Crippen MR) is 46.0 cm³/mol. The van der Waals surface area contributed by atoms with Crippen molar-refractivity contribution in [3.8, 4) is 0 Å². The van der Waals surface area contributed by atoms with Crippen LogP contribution in [-0.4, -0.2) is 47.3 Å². The summed E-state index contributed by atoms with van der Waals surface area (Å²) >= 11 is 0. The second-order valence-electron chi connectivity index (χ2n) is 2.86. The molecule has 72 valence electrons. The van der Waals surface area contributed by atoms with Gasteiger partial charge in [-0.25, -0.2) is 0 Å². The number of likely N-dealkylation sites (N-methyl/N-ethyl adjacent to an activating group) is 1. The third-order valence-electron chi connectivity index (χ3n) is 1.96. The molecule has 0 aromatic rings. The number of aliphatic hydroxyl groups excluding tert-OH is 1. The lowest BCUT2D eigenvalue weighted by Crippen LogP contribution is -2.35. The molecule has 0 rings (SSSR count). The quantitative estimate of drug-likeness (QED) is 0.604. The molecule has 0 fully saturated rings. The molecule has 12 heavy (non-hydrogen) atoms. The molecule has 0 radical (unpaired) electrons. The number of carboxylic acids is 1. The van der Waals surface area contributed by atoms with E-state index in [1.54, 1.807) is 0 Å². The van der Waals surface area contributed by atoms with E-state index in [1.807, 2.05) is 18.9 Å². The van der Waals surface area contributed by atoms with Gasteiger partial charge in [0.25, 0.3) is 0 Å². The van der Waals surface area contributed by atoms with E-state index < -0.39 is 5.97 Å². The second-order valence-corrected chi connectivity index (χ2v) is 2.86. The second kappa shape index (κ2) is 5.97. The third kappa shape index (κ3) is 4.31. The Labute approximate surface area is 72.8 Å². The molecule has 0 heterocycles. The Balaban J connectivity index is 3.86. The van der Waals surface area contributed by atoms with Crippen LogP contribution in [0.1, 0.15) is 19.8 Å². The van der Waals surface area contributed by atoms with Gasteiger partial charge < -0.3 is 15.1 Å². The van der Waals surface area contributed by atoms with Gasteiger partial charge in [0.05, 0.1) is 13.0 Å². The first kappa shape index (κ1) is 11.4. The van der Waals surface area contributed by atoms with Gasteiger partial charge in [-0.15, -0.1) is 0 Å². The molecule has 0 bridgehead atoms. The number of aliphatic hydroxyl groups is 1. The van der Waals surface area contributed by atoms with E-state index in [-0.39, 0.29) is 19.1 Å². The smallest absolute Gasteiger partial charge is 0.304 e. The van der Waals surface area contributed by atoms with Crippen molar-refractivity contribution in [2.24, 2.45) is 0 Å². The Morgan fingerprint density at radius 1 is 1.58 bits per heavy atom. The lowest BCUT2D eigenvalue weighted by Gasteiger charge is -2.24. The van der Waals surface area contributed by atoms with Gasteiger partial charge in [0, 0.05) is 12.6 Å². The number of nitrogens with zero attached hydrogens (tertiary/aromatic N) is 1. The standard InChI is InChI=1S/C8H17NO3/c1-3-7(6-8(11)12)9(2)4-5-10/h7,10H,3-6H2,1-2H3,(H,11,12). The summed E-state index contributed by atoms with van der Waals surface area (Å²) in [6.07, 6.45) is 0.940. The molecule has 0 aromatic heterocycles. The summed E-state index contributed by atoms with van der Waals surface area (Å²) < 4.78 is 0. The number of aliphatic carboxylic acids is 1. The zero-order valence-electron chi connectivity index (χ0n) is 7.66. The van der Waals surface area contributed by atoms with Gasteiger partial charge in [0.2, 0.25) is 0 Å². The third-order valence-corrected chi connectivity index (χ3v) is 1.96. The highest BCUT2D eigenvalue weighted by Gasteiger charge is 2.15. The minimum absolute atomic E-state index is 0.0367. The molecule has 0 aliphatic carbocycles. The molecule has 4 nitrogen and oxygen atoms in total. The van der Waals surface area contributed by atoms with Crippen molar-refractivity contribution in [2.75, 3.05) is 20.2 Å². The number of hydrogen-bond acceptors (Lipinski definition) is 3. The molecule has 2 N–H and O–H groups in total. The molecule has 4 heteroatoms. The van der Waals surface area contributed by atoms with Gasteiger partial charge >= 0.3 is 5.97 Å². The molecule has 0 spiro atoms. The molecule has 1 atom stereocenters. The van der Waals surface area contributed by atoms with Gasteiger partial charge in [-0.05, 0) is 13.5 Å². The van der Waals surface area contributed by atoms with Gasteiger partial charge in [-0.2, -0.15) is 0 Å². The Morgan fingerprint density at radius 3 is 2.50 bits per heavy atom. The number of carboxylic acid groups (broad SMARTS) is 1. The molecule has 0 aliphatic rings. The Bertz CT molecular complexity index is 138. The maximum absolute atomic E-state index is 10.4. The Hall–Kier alpha value is -0.610. The molecule has 0 aliphatic heterocycles. The first-order valence-electron chi connectivity index (χ1n) is 4.14. The average Bonchev–Trinajstić information content (AvgIpc) is 2.00. The fourth-order valence-corrected chi connectivity index (χ4v) is 1.15. The first-order chi connectivity index (χ1) is 5.61. The Kier molecular flexibility index (Phi) is 5.66. The summed E-state index contributed by atoms with van der Waals surface area (Å²) in [5, 5.41) is 17.2. The summed E-state index contributed by atoms with van der Waals surface area (Å²) in [6.45, 7) is 2.56. The van der Waals surface area contributed by atoms with Crippen molar-refractivity contribution < 1.29 is 15.0 Å². The van der Waals surface area contributed by atoms with E-state index in [9.17, 15) is 4.79 Å². The SMILES string of the molecule is CCC(CC(=O)O)N(C)CCO. The number of hydrogen-bond donors (Lipinski definition) is 2. The highest BCUT2D eigenvalue weighted by Crippen LogP contribution is 2.05. The summed E-state index contributed by atoms with van der Waals surface area (Å²) in [5.41, 5.74) is 0. The van der Waals surface area contributed by atoms with E-state index in [0.29, 0.717) is 6.54 Å². The van der Waals surface area contributed by atoms with Crippen LogP contribution >= 0.6 is 0 Å². The lowest BCUT2D eigenvalue weighted by molar-refractivity contribution is -0.138. The Morgan fingerprint density at radius 2 is 2.17 bits per heavy atom. The minimum Gasteiger partial charge on any atom is -0.481 e. The zero-order chi connectivity index (χ0) is 9.56. The van der Waals surface area contributed by atoms with E-state index in [0.717, 1.165) is 6.42 Å². The van der Waals surface area contributed by atoms with Crippen LogP contribution in [0.15, 0.2) is 0 Å². The summed E-state index contributed by atoms with van der Waals surface area (Å²) in [4.78, 5) is 12.3. The maximum Gasteiger partial charge on any atom is 0.304 e. The highest BCUT2D eigenvalue weighted by molar-refractivity contribution is 5.67. The largest absolute Gasteiger partial charge is 0.481 e. The van der Waals surface area contributed by atoms with Gasteiger partial charge in [-0.3, -0.25) is 4.79 Å². The fraction of sp³-hybridized carbons (Fsp3) is 0.875. The molecule has 0 amide bonds. The molecule has 0 saturated heterocycles. The molecule has 1 unspecified atom stereocenters. The normalized spacial score (nSPS) is 13.3. The van der Waals surface area contributed by atoms with Crippen molar-refractivity contribution in [3.05, 3.63) is 0 Å². The predicted octanol–water partition coefficient (Wildman–Crippen LogP) is 0.164.